The highest BCUT2D eigenvalue weighted by molar-refractivity contribution is 7.84. The molecule has 0 aromatic heterocycles. The molecule has 0 saturated heterocycles. The summed E-state index contributed by atoms with van der Waals surface area (Å²) in [5.41, 5.74) is 2.82. The Morgan fingerprint density at radius 2 is 1.96 bits per heavy atom. The minimum Gasteiger partial charge on any atom is -0.381 e. The van der Waals surface area contributed by atoms with Gasteiger partial charge in [0, 0.05) is 11.0 Å². The topological polar surface area (TPSA) is 107 Å². The molecule has 3 N–H and O–H groups in total. The SMILES string of the molecule is CC1=C(CCCOS(N)(=O)=O)C2=C(C)C3(CC3)[C@@](C)(O)C(=O)C2=C1. The minimum absolute atomic E-state index is 0.00801. The fourth-order valence-corrected chi connectivity index (χ4v) is 4.51. The fourth-order valence-electron chi connectivity index (χ4n) is 4.16. The summed E-state index contributed by atoms with van der Waals surface area (Å²) < 4.78 is 26.2. The van der Waals surface area contributed by atoms with Crippen molar-refractivity contribution in [3.8, 4) is 0 Å². The Kier molecular flexibility index (Phi) is 3.92. The Labute approximate surface area is 142 Å². The van der Waals surface area contributed by atoms with Crippen LogP contribution < -0.4 is 5.14 Å². The van der Waals surface area contributed by atoms with E-state index in [2.05, 4.69) is 4.18 Å². The molecule has 0 aliphatic heterocycles. The second-order valence-corrected chi connectivity index (χ2v) is 8.34. The molecule has 3 aliphatic carbocycles. The minimum atomic E-state index is -3.93. The van der Waals surface area contributed by atoms with Gasteiger partial charge in [0.15, 0.2) is 5.78 Å². The highest BCUT2D eigenvalue weighted by Crippen LogP contribution is 2.65. The molecule has 0 aromatic carbocycles. The van der Waals surface area contributed by atoms with Crippen LogP contribution >= 0.6 is 0 Å². The average Bonchev–Trinajstić information content (AvgIpc) is 3.21. The van der Waals surface area contributed by atoms with Crippen molar-refractivity contribution in [3.63, 3.8) is 0 Å². The third-order valence-corrected chi connectivity index (χ3v) is 6.18. The monoisotopic (exact) mass is 353 g/mol. The number of hydrogen-bond donors (Lipinski definition) is 2. The molecule has 132 valence electrons. The Hall–Kier alpha value is -1.28. The molecule has 0 aromatic rings. The summed E-state index contributed by atoms with van der Waals surface area (Å²) in [6, 6.07) is 0. The van der Waals surface area contributed by atoms with E-state index in [1.807, 2.05) is 19.9 Å². The summed E-state index contributed by atoms with van der Waals surface area (Å²) >= 11 is 0. The molecule has 7 heteroatoms. The van der Waals surface area contributed by atoms with Gasteiger partial charge in [-0.15, -0.1) is 0 Å². The van der Waals surface area contributed by atoms with Crippen LogP contribution in [0.5, 0.6) is 0 Å². The Morgan fingerprint density at radius 1 is 1.33 bits per heavy atom. The van der Waals surface area contributed by atoms with E-state index >= 15 is 0 Å². The van der Waals surface area contributed by atoms with Crippen molar-refractivity contribution in [2.45, 2.75) is 52.1 Å². The summed E-state index contributed by atoms with van der Waals surface area (Å²) in [5.74, 6) is -0.212. The molecule has 6 nitrogen and oxygen atoms in total. The van der Waals surface area contributed by atoms with Crippen molar-refractivity contribution in [1.82, 2.24) is 0 Å². The van der Waals surface area contributed by atoms with Crippen LogP contribution in [0, 0.1) is 5.41 Å². The first-order valence-corrected chi connectivity index (χ1v) is 9.56. The molecule has 0 bridgehead atoms. The maximum absolute atomic E-state index is 12.8. The van der Waals surface area contributed by atoms with E-state index in [4.69, 9.17) is 5.14 Å². The largest absolute Gasteiger partial charge is 0.381 e. The lowest BCUT2D eigenvalue weighted by Gasteiger charge is -2.39. The molecule has 1 atom stereocenters. The first-order chi connectivity index (χ1) is 11.0. The normalized spacial score (nSPS) is 28.5. The van der Waals surface area contributed by atoms with Gasteiger partial charge in [-0.3, -0.25) is 8.98 Å². The zero-order chi connectivity index (χ0) is 17.9. The van der Waals surface area contributed by atoms with Crippen molar-refractivity contribution < 1.29 is 22.5 Å². The van der Waals surface area contributed by atoms with Gasteiger partial charge in [0.2, 0.25) is 0 Å². The number of nitrogens with two attached hydrogens (primary N) is 1. The smallest absolute Gasteiger partial charge is 0.333 e. The van der Waals surface area contributed by atoms with Gasteiger partial charge < -0.3 is 5.11 Å². The average molecular weight is 353 g/mol. The summed E-state index contributed by atoms with van der Waals surface area (Å²) in [7, 11) is -3.93. The number of Topliss-reactive ketones (excluding diaryl/α,β-unsaturated/α-hetero) is 1. The Bertz CT molecular complexity index is 810. The van der Waals surface area contributed by atoms with E-state index in [1.165, 1.54) is 0 Å². The summed E-state index contributed by atoms with van der Waals surface area (Å²) in [5, 5.41) is 15.6. The molecule has 0 amide bonds. The van der Waals surface area contributed by atoms with Crippen LogP contribution in [0.25, 0.3) is 0 Å². The summed E-state index contributed by atoms with van der Waals surface area (Å²) in [6.07, 6.45) is 4.54. The van der Waals surface area contributed by atoms with Crippen LogP contribution in [0.3, 0.4) is 0 Å². The molecule has 1 fully saturated rings. The number of allylic oxidation sites excluding steroid dienone is 4. The first-order valence-electron chi connectivity index (χ1n) is 8.09. The zero-order valence-electron chi connectivity index (χ0n) is 14.2. The predicted molar refractivity (Wildman–Crippen MR) is 89.1 cm³/mol. The number of rotatable bonds is 5. The number of aliphatic hydroxyl groups is 1. The van der Waals surface area contributed by atoms with Crippen LogP contribution in [0.15, 0.2) is 33.9 Å². The van der Waals surface area contributed by atoms with Crippen LogP contribution in [0.4, 0.5) is 0 Å². The van der Waals surface area contributed by atoms with E-state index in [1.54, 1.807) is 6.92 Å². The molecule has 1 spiro atoms. The molecule has 24 heavy (non-hydrogen) atoms. The standard InChI is InChI=1S/C17H23NO5S/c1-10-9-13-14(12(10)5-4-8-23-24(18,21)22)11(2)17(6-7-17)16(3,20)15(13)19/h9,20H,4-8H2,1-3H3,(H2,18,21,22)/t16-/m0/s1. The van der Waals surface area contributed by atoms with Gasteiger partial charge in [0.1, 0.15) is 5.60 Å². The molecule has 0 heterocycles. The van der Waals surface area contributed by atoms with Gasteiger partial charge in [-0.1, -0.05) is 5.57 Å². The van der Waals surface area contributed by atoms with Gasteiger partial charge in [0.25, 0.3) is 0 Å². The van der Waals surface area contributed by atoms with Gasteiger partial charge in [-0.05, 0) is 69.2 Å². The Balaban J connectivity index is 1.87. The molecule has 3 aliphatic rings. The van der Waals surface area contributed by atoms with Crippen LogP contribution in [0.1, 0.15) is 46.5 Å². The maximum Gasteiger partial charge on any atom is 0.333 e. The third-order valence-electron chi connectivity index (χ3n) is 5.69. The third kappa shape index (κ3) is 2.50. The van der Waals surface area contributed by atoms with Gasteiger partial charge >= 0.3 is 10.3 Å². The van der Waals surface area contributed by atoms with E-state index in [9.17, 15) is 18.3 Å². The van der Waals surface area contributed by atoms with E-state index in [0.29, 0.717) is 18.4 Å². The van der Waals surface area contributed by atoms with Crippen molar-refractivity contribution in [2.24, 2.45) is 10.6 Å². The van der Waals surface area contributed by atoms with E-state index < -0.39 is 21.3 Å². The number of carbonyl (C=O) groups is 1. The summed E-state index contributed by atoms with van der Waals surface area (Å²) in [4.78, 5) is 12.8. The molecule has 1 saturated carbocycles. The zero-order valence-corrected chi connectivity index (χ0v) is 15.0. The van der Waals surface area contributed by atoms with Crippen LogP contribution in [-0.4, -0.2) is 31.5 Å². The van der Waals surface area contributed by atoms with Gasteiger partial charge in [0.05, 0.1) is 6.61 Å². The molecule has 0 unspecified atom stereocenters. The Morgan fingerprint density at radius 3 is 2.50 bits per heavy atom. The number of fused-ring (bicyclic) bond motifs is 1. The second kappa shape index (κ2) is 5.36. The lowest BCUT2D eigenvalue weighted by atomic mass is 9.67. The fraction of sp³-hybridized carbons (Fsp3) is 0.588. The lowest BCUT2D eigenvalue weighted by molar-refractivity contribution is -0.137. The molecule has 3 rings (SSSR count). The number of carbonyl (C=O) groups excluding carboxylic acids is 1. The first kappa shape index (κ1) is 17.5. The maximum atomic E-state index is 12.8. The van der Waals surface area contributed by atoms with Crippen LogP contribution in [-0.2, 0) is 19.3 Å². The van der Waals surface area contributed by atoms with Crippen molar-refractivity contribution >= 4 is 16.1 Å². The van der Waals surface area contributed by atoms with Crippen molar-refractivity contribution in [3.05, 3.63) is 33.9 Å². The predicted octanol–water partition coefficient (Wildman–Crippen LogP) is 1.67. The van der Waals surface area contributed by atoms with Gasteiger partial charge in [-0.2, -0.15) is 8.42 Å². The van der Waals surface area contributed by atoms with E-state index in [-0.39, 0.29) is 12.4 Å². The highest BCUT2D eigenvalue weighted by atomic mass is 32.2. The van der Waals surface area contributed by atoms with Crippen LogP contribution in [0.2, 0.25) is 0 Å². The van der Waals surface area contributed by atoms with Gasteiger partial charge in [-0.25, -0.2) is 5.14 Å². The van der Waals surface area contributed by atoms with Crippen molar-refractivity contribution in [1.29, 1.82) is 0 Å². The molecular formula is C17H23NO5S. The van der Waals surface area contributed by atoms with Crippen molar-refractivity contribution in [2.75, 3.05) is 6.61 Å². The molecular weight excluding hydrogens is 330 g/mol. The highest BCUT2D eigenvalue weighted by Gasteiger charge is 2.64. The number of hydrogen-bond acceptors (Lipinski definition) is 5. The van der Waals surface area contributed by atoms with E-state index in [0.717, 1.165) is 35.1 Å². The summed E-state index contributed by atoms with van der Waals surface area (Å²) in [6.45, 7) is 5.56. The number of ketones is 1. The quantitative estimate of drug-likeness (QED) is 0.731. The second-order valence-electron chi connectivity index (χ2n) is 7.12. The lowest BCUT2D eigenvalue weighted by Crippen LogP contribution is -2.49. The molecule has 0 radical (unpaired) electrons.